The monoisotopic (exact) mass is 385 g/mol. The van der Waals surface area contributed by atoms with Gasteiger partial charge in [0.1, 0.15) is 12.6 Å². The molecule has 0 fully saturated rings. The van der Waals surface area contributed by atoms with Crippen LogP contribution in [0.4, 0.5) is 0 Å². The quantitative estimate of drug-likeness (QED) is 0.351. The van der Waals surface area contributed by atoms with Gasteiger partial charge in [-0.25, -0.2) is 0 Å². The molecular formula is C21H23NO4S. The molecule has 0 bridgehead atoms. The number of carbonyl (C=O) groups is 2. The first-order chi connectivity index (χ1) is 13.1. The summed E-state index contributed by atoms with van der Waals surface area (Å²) in [5, 5.41) is 11.8. The van der Waals surface area contributed by atoms with Gasteiger partial charge in [-0.15, -0.1) is 0 Å². The summed E-state index contributed by atoms with van der Waals surface area (Å²) in [6.45, 7) is 0.746. The fourth-order valence-corrected chi connectivity index (χ4v) is 3.71. The average molecular weight is 385 g/mol. The van der Waals surface area contributed by atoms with Crippen molar-refractivity contribution in [2.24, 2.45) is 0 Å². The molecular weight excluding hydrogens is 362 g/mol. The number of carboxylic acid groups (broad SMARTS) is 1. The molecule has 1 atom stereocenters. The van der Waals surface area contributed by atoms with Crippen LogP contribution in [-0.2, 0) is 14.3 Å². The Kier molecular flexibility index (Phi) is 6.53. The molecule has 0 saturated heterocycles. The van der Waals surface area contributed by atoms with Gasteiger partial charge < -0.3 is 15.2 Å². The topological polar surface area (TPSA) is 75.6 Å². The number of carbonyl (C=O) groups excluding carboxylic acids is 1. The van der Waals surface area contributed by atoms with E-state index in [0.29, 0.717) is 19.6 Å². The van der Waals surface area contributed by atoms with E-state index in [1.165, 1.54) is 22.3 Å². The number of nitrogens with one attached hydrogen (secondary N) is 1. The van der Waals surface area contributed by atoms with Gasteiger partial charge in [-0.1, -0.05) is 48.5 Å². The van der Waals surface area contributed by atoms with Gasteiger partial charge in [0.2, 0.25) is 0 Å². The van der Waals surface area contributed by atoms with Crippen molar-refractivity contribution in [3.63, 3.8) is 0 Å². The van der Waals surface area contributed by atoms with E-state index in [1.807, 2.05) is 24.3 Å². The Labute approximate surface area is 164 Å². The fourth-order valence-electron chi connectivity index (χ4n) is 3.43. The van der Waals surface area contributed by atoms with Crippen LogP contribution in [-0.4, -0.2) is 42.0 Å². The number of benzene rings is 2. The van der Waals surface area contributed by atoms with Gasteiger partial charge in [0.25, 0.3) is 0 Å². The summed E-state index contributed by atoms with van der Waals surface area (Å²) in [5.74, 6) is -0.942. The zero-order valence-electron chi connectivity index (χ0n) is 14.9. The molecule has 2 aromatic carbocycles. The standard InChI is InChI=1S/C21H23NO4S/c23-20(10-5-11-22-19(13-27)21(24)25)26-12-18-16-8-3-1-6-14(16)15-7-2-4-9-17(15)18/h1-4,6-9,18-19,22,27H,5,10-13H2,(H,24,25)/t19-/m0/s1. The van der Waals surface area contributed by atoms with Crippen LogP contribution < -0.4 is 5.32 Å². The Balaban J connectivity index is 1.52. The van der Waals surface area contributed by atoms with Crippen molar-refractivity contribution in [2.75, 3.05) is 18.9 Å². The lowest BCUT2D eigenvalue weighted by atomic mass is 9.98. The molecule has 0 saturated carbocycles. The third-order valence-electron chi connectivity index (χ3n) is 4.80. The zero-order valence-corrected chi connectivity index (χ0v) is 15.8. The van der Waals surface area contributed by atoms with Crippen LogP contribution in [0.3, 0.4) is 0 Å². The maximum Gasteiger partial charge on any atom is 0.321 e. The van der Waals surface area contributed by atoms with Gasteiger partial charge in [-0.05, 0) is 35.2 Å². The molecule has 5 nitrogen and oxygen atoms in total. The fraction of sp³-hybridized carbons (Fsp3) is 0.333. The Hall–Kier alpha value is -2.31. The SMILES string of the molecule is O=C(CCCN[C@@H](CS)C(=O)O)OCC1c2ccccc2-c2ccccc21. The molecule has 3 rings (SSSR count). The van der Waals surface area contributed by atoms with Crippen LogP contribution in [0.2, 0.25) is 0 Å². The van der Waals surface area contributed by atoms with Crippen molar-refractivity contribution in [3.05, 3.63) is 59.7 Å². The molecule has 0 aliphatic heterocycles. The van der Waals surface area contributed by atoms with Crippen molar-refractivity contribution in [3.8, 4) is 11.1 Å². The van der Waals surface area contributed by atoms with Gasteiger partial charge in [0.05, 0.1) is 0 Å². The number of hydrogen-bond donors (Lipinski definition) is 3. The largest absolute Gasteiger partial charge is 0.480 e. The summed E-state index contributed by atoms with van der Waals surface area (Å²) in [5.41, 5.74) is 4.77. The maximum atomic E-state index is 12.1. The van der Waals surface area contributed by atoms with Crippen LogP contribution in [0.5, 0.6) is 0 Å². The van der Waals surface area contributed by atoms with E-state index >= 15 is 0 Å². The molecule has 27 heavy (non-hydrogen) atoms. The first-order valence-electron chi connectivity index (χ1n) is 9.02. The average Bonchev–Trinajstić information content (AvgIpc) is 3.00. The minimum atomic E-state index is -0.939. The smallest absolute Gasteiger partial charge is 0.321 e. The molecule has 6 heteroatoms. The number of esters is 1. The van der Waals surface area contributed by atoms with Crippen molar-refractivity contribution in [1.82, 2.24) is 5.32 Å². The van der Waals surface area contributed by atoms with E-state index in [9.17, 15) is 9.59 Å². The van der Waals surface area contributed by atoms with Gasteiger partial charge in [-0.3, -0.25) is 9.59 Å². The van der Waals surface area contributed by atoms with Crippen LogP contribution in [0, 0.1) is 0 Å². The third kappa shape index (κ3) is 4.51. The molecule has 0 aromatic heterocycles. The Morgan fingerprint density at radius 1 is 1.07 bits per heavy atom. The normalized spacial score (nSPS) is 13.7. The highest BCUT2D eigenvalue weighted by Gasteiger charge is 2.28. The highest BCUT2D eigenvalue weighted by atomic mass is 32.1. The van der Waals surface area contributed by atoms with Crippen LogP contribution in [0.15, 0.2) is 48.5 Å². The number of rotatable bonds is 9. The first-order valence-corrected chi connectivity index (χ1v) is 9.66. The number of aliphatic carboxylic acids is 1. The van der Waals surface area contributed by atoms with E-state index < -0.39 is 12.0 Å². The summed E-state index contributed by atoms with van der Waals surface area (Å²) >= 11 is 3.99. The van der Waals surface area contributed by atoms with Gasteiger partial charge in [-0.2, -0.15) is 12.6 Å². The molecule has 0 amide bonds. The number of carboxylic acids is 1. The minimum Gasteiger partial charge on any atom is -0.480 e. The number of ether oxygens (including phenoxy) is 1. The second-order valence-corrected chi connectivity index (χ2v) is 6.91. The van der Waals surface area contributed by atoms with E-state index in [4.69, 9.17) is 9.84 Å². The minimum absolute atomic E-state index is 0.0556. The van der Waals surface area contributed by atoms with Gasteiger partial charge in [0.15, 0.2) is 0 Å². The maximum absolute atomic E-state index is 12.1. The lowest BCUT2D eigenvalue weighted by Gasteiger charge is -2.14. The van der Waals surface area contributed by atoms with Crippen LogP contribution >= 0.6 is 12.6 Å². The van der Waals surface area contributed by atoms with Crippen LogP contribution in [0.25, 0.3) is 11.1 Å². The zero-order chi connectivity index (χ0) is 19.2. The Morgan fingerprint density at radius 2 is 1.67 bits per heavy atom. The number of fused-ring (bicyclic) bond motifs is 3. The first kappa shape index (κ1) is 19.5. The Bertz CT molecular complexity index is 778. The molecule has 0 unspecified atom stereocenters. The third-order valence-corrected chi connectivity index (χ3v) is 5.17. The molecule has 1 aliphatic carbocycles. The van der Waals surface area contributed by atoms with E-state index in [1.54, 1.807) is 0 Å². The highest BCUT2D eigenvalue weighted by molar-refractivity contribution is 7.80. The van der Waals surface area contributed by atoms with Gasteiger partial charge >= 0.3 is 11.9 Å². The molecule has 1 aliphatic rings. The van der Waals surface area contributed by atoms with Gasteiger partial charge in [0, 0.05) is 18.1 Å². The predicted molar refractivity (Wildman–Crippen MR) is 107 cm³/mol. The molecule has 0 radical (unpaired) electrons. The van der Waals surface area contributed by atoms with Crippen molar-refractivity contribution >= 4 is 24.6 Å². The van der Waals surface area contributed by atoms with Crippen molar-refractivity contribution < 1.29 is 19.4 Å². The van der Waals surface area contributed by atoms with E-state index in [2.05, 4.69) is 42.2 Å². The molecule has 0 heterocycles. The summed E-state index contributed by atoms with van der Waals surface area (Å²) < 4.78 is 5.52. The second kappa shape index (κ2) is 9.06. The van der Waals surface area contributed by atoms with E-state index in [-0.39, 0.29) is 24.1 Å². The van der Waals surface area contributed by atoms with Crippen molar-refractivity contribution in [2.45, 2.75) is 24.8 Å². The van der Waals surface area contributed by atoms with Crippen LogP contribution in [0.1, 0.15) is 29.9 Å². The Morgan fingerprint density at radius 3 is 2.22 bits per heavy atom. The molecule has 0 spiro atoms. The number of thiol groups is 1. The lowest BCUT2D eigenvalue weighted by Crippen LogP contribution is -2.38. The summed E-state index contributed by atoms with van der Waals surface area (Å²) in [6, 6.07) is 15.7. The molecule has 142 valence electrons. The summed E-state index contributed by atoms with van der Waals surface area (Å²) in [6.07, 6.45) is 0.774. The summed E-state index contributed by atoms with van der Waals surface area (Å²) in [4.78, 5) is 23.0. The predicted octanol–water partition coefficient (Wildman–Crippen LogP) is 3.09. The lowest BCUT2D eigenvalue weighted by molar-refractivity contribution is -0.144. The molecule has 2 N–H and O–H groups in total. The summed E-state index contributed by atoms with van der Waals surface area (Å²) in [7, 11) is 0. The van der Waals surface area contributed by atoms with E-state index in [0.717, 1.165) is 0 Å². The number of hydrogen-bond acceptors (Lipinski definition) is 5. The molecule has 2 aromatic rings. The second-order valence-electron chi connectivity index (χ2n) is 6.54. The highest BCUT2D eigenvalue weighted by Crippen LogP contribution is 2.44. The van der Waals surface area contributed by atoms with Crippen molar-refractivity contribution in [1.29, 1.82) is 0 Å².